The molecule has 0 aliphatic heterocycles. The average molecular weight is 755 g/mol. The Balaban J connectivity index is 1.80. The van der Waals surface area contributed by atoms with Crippen LogP contribution in [0.5, 0.6) is 0 Å². The van der Waals surface area contributed by atoms with Crippen LogP contribution in [0.3, 0.4) is 0 Å². The molecule has 51 heavy (non-hydrogen) atoms. The third-order valence-electron chi connectivity index (χ3n) is 7.40. The topological polar surface area (TPSA) is 138 Å². The Morgan fingerprint density at radius 1 is 1.02 bits per heavy atom. The molecule has 270 valence electrons. The van der Waals surface area contributed by atoms with Gasteiger partial charge in [0.2, 0.25) is 10.0 Å². The summed E-state index contributed by atoms with van der Waals surface area (Å²) in [5.41, 5.74) is -3.20. The molecule has 4 aromatic rings. The van der Waals surface area contributed by atoms with Crippen LogP contribution in [0.1, 0.15) is 73.8 Å². The number of carbonyl (C=O) groups is 2. The largest absolute Gasteiger partial charge is 0.416 e. The van der Waals surface area contributed by atoms with E-state index in [-0.39, 0.29) is 51.0 Å². The Kier molecular flexibility index (Phi) is 11.3. The van der Waals surface area contributed by atoms with Crippen LogP contribution < -0.4 is 5.32 Å². The maximum atomic E-state index is 14.0. The molecule has 0 radical (unpaired) electrons. The van der Waals surface area contributed by atoms with Gasteiger partial charge in [-0.3, -0.25) is 9.59 Å². The molecule has 2 aromatic carbocycles. The number of aryl methyl sites for hydroxylation is 1. The van der Waals surface area contributed by atoms with Gasteiger partial charge in [-0.2, -0.15) is 41.0 Å². The third kappa shape index (κ3) is 9.51. The summed E-state index contributed by atoms with van der Waals surface area (Å²) in [5, 5.41) is 16.6. The monoisotopic (exact) mass is 754 g/mol. The fraction of sp³-hybridized carbons (Fsp3) is 0.303. The maximum absolute atomic E-state index is 14.0. The van der Waals surface area contributed by atoms with Gasteiger partial charge in [-0.05, 0) is 86.0 Å². The maximum Gasteiger partial charge on any atom is 0.416 e. The molecule has 0 unspecified atom stereocenters. The Bertz CT molecular complexity index is 2110. The lowest BCUT2D eigenvalue weighted by Gasteiger charge is -2.21. The van der Waals surface area contributed by atoms with Crippen LogP contribution >= 0.6 is 11.6 Å². The number of amides is 1. The molecule has 0 bridgehead atoms. The minimum atomic E-state index is -5.16. The first kappa shape index (κ1) is 39.0. The fourth-order valence-corrected chi connectivity index (χ4v) is 6.05. The van der Waals surface area contributed by atoms with Crippen molar-refractivity contribution in [2.24, 2.45) is 0 Å². The van der Waals surface area contributed by atoms with Gasteiger partial charge < -0.3 is 5.32 Å². The van der Waals surface area contributed by atoms with E-state index in [1.54, 1.807) is 20.8 Å². The summed E-state index contributed by atoms with van der Waals surface area (Å²) in [6, 6.07) is 9.41. The number of sulfonamides is 1. The first-order valence-electron chi connectivity index (χ1n) is 14.9. The predicted molar refractivity (Wildman–Crippen MR) is 173 cm³/mol. The van der Waals surface area contributed by atoms with Gasteiger partial charge in [-0.25, -0.2) is 18.1 Å². The number of halogens is 7. The van der Waals surface area contributed by atoms with Crippen molar-refractivity contribution in [1.82, 2.24) is 24.4 Å². The summed E-state index contributed by atoms with van der Waals surface area (Å²) in [7, 11) is -4.32. The van der Waals surface area contributed by atoms with Gasteiger partial charge in [0.05, 0.1) is 46.3 Å². The highest BCUT2D eigenvalue weighted by Gasteiger charge is 2.37. The molecule has 2 aromatic heterocycles. The van der Waals surface area contributed by atoms with Gasteiger partial charge in [0.15, 0.2) is 11.6 Å². The SMILES string of the molecule is Cc1cc(C#N)cc(C(=O)NC(C)C)c1CC(=O)c1cc(CN(Cc2cc(C(F)(F)F)cc(C(F)(F)F)c2)S(C)(=O)=O)nn1-c1ncccc1Cl. The van der Waals surface area contributed by atoms with Crippen LogP contribution in [0.15, 0.2) is 54.7 Å². The molecule has 18 heteroatoms. The van der Waals surface area contributed by atoms with Crippen molar-refractivity contribution in [2.45, 2.75) is 58.7 Å². The predicted octanol–water partition coefficient (Wildman–Crippen LogP) is 6.66. The molecule has 0 atom stereocenters. The number of hydrogen-bond donors (Lipinski definition) is 1. The number of ketones is 1. The van der Waals surface area contributed by atoms with E-state index in [2.05, 4.69) is 15.4 Å². The summed E-state index contributed by atoms with van der Waals surface area (Å²) in [6.45, 7) is 3.46. The van der Waals surface area contributed by atoms with Crippen molar-refractivity contribution in [2.75, 3.05) is 6.26 Å². The van der Waals surface area contributed by atoms with E-state index in [4.69, 9.17) is 11.6 Å². The number of alkyl halides is 6. The van der Waals surface area contributed by atoms with Crippen LogP contribution in [0.2, 0.25) is 5.02 Å². The fourth-order valence-electron chi connectivity index (χ4n) is 5.10. The molecule has 4 rings (SSSR count). The molecule has 10 nitrogen and oxygen atoms in total. The Labute approximate surface area is 293 Å². The second kappa shape index (κ2) is 14.8. The van der Waals surface area contributed by atoms with Crippen molar-refractivity contribution < 1.29 is 44.3 Å². The summed E-state index contributed by atoms with van der Waals surface area (Å²) in [6.07, 6.45) is -8.69. The number of pyridine rings is 1. The molecule has 1 N–H and O–H groups in total. The Morgan fingerprint density at radius 2 is 1.65 bits per heavy atom. The minimum Gasteiger partial charge on any atom is -0.350 e. The van der Waals surface area contributed by atoms with Crippen molar-refractivity contribution in [1.29, 1.82) is 5.26 Å². The smallest absolute Gasteiger partial charge is 0.350 e. The molecule has 2 heterocycles. The first-order valence-corrected chi connectivity index (χ1v) is 17.1. The number of hydrogen-bond acceptors (Lipinski definition) is 7. The van der Waals surface area contributed by atoms with Crippen LogP contribution in [0.4, 0.5) is 26.3 Å². The zero-order valence-electron chi connectivity index (χ0n) is 27.3. The molecule has 0 saturated carbocycles. The van der Waals surface area contributed by atoms with Gasteiger partial charge in [0, 0.05) is 30.8 Å². The standard InChI is InChI=1S/C33H29ClF6N6O4S/c1-18(2)43-31(48)26-11-20(15-41)8-19(3)25(26)14-29(47)28-13-24(44-46(28)30-27(34)6-5-7-42-30)17-45(51(4,49)50)16-21-9-22(32(35,36)37)12-23(10-21)33(38,39)40/h5-13,18H,14,16-17H2,1-4H3,(H,43,48). The van der Waals surface area contributed by atoms with E-state index >= 15 is 0 Å². The Morgan fingerprint density at radius 3 is 2.18 bits per heavy atom. The van der Waals surface area contributed by atoms with E-state index in [1.807, 2.05) is 6.07 Å². The lowest BCUT2D eigenvalue weighted by atomic mass is 9.93. The van der Waals surface area contributed by atoms with Crippen LogP contribution in [0.25, 0.3) is 5.82 Å². The van der Waals surface area contributed by atoms with Crippen molar-refractivity contribution in [3.63, 3.8) is 0 Å². The number of benzene rings is 2. The van der Waals surface area contributed by atoms with E-state index in [0.29, 0.717) is 28.3 Å². The van der Waals surface area contributed by atoms with Crippen molar-refractivity contribution >= 4 is 33.3 Å². The van der Waals surface area contributed by atoms with Gasteiger partial charge >= 0.3 is 12.4 Å². The first-order chi connectivity index (χ1) is 23.6. The molecular weight excluding hydrogens is 726 g/mol. The van der Waals surface area contributed by atoms with Gasteiger partial charge in [-0.1, -0.05) is 11.6 Å². The highest BCUT2D eigenvalue weighted by atomic mass is 35.5. The number of rotatable bonds is 11. The van der Waals surface area contributed by atoms with E-state index in [1.165, 1.54) is 36.5 Å². The highest BCUT2D eigenvalue weighted by molar-refractivity contribution is 7.88. The molecular formula is C33H29ClF6N6O4S. The van der Waals surface area contributed by atoms with Crippen LogP contribution in [-0.4, -0.2) is 51.5 Å². The number of nitrogens with one attached hydrogen (secondary N) is 1. The van der Waals surface area contributed by atoms with Crippen LogP contribution in [0, 0.1) is 18.3 Å². The van der Waals surface area contributed by atoms with E-state index in [0.717, 1.165) is 4.68 Å². The average Bonchev–Trinajstić information content (AvgIpc) is 3.43. The zero-order chi connectivity index (χ0) is 38.1. The lowest BCUT2D eigenvalue weighted by molar-refractivity contribution is -0.143. The summed E-state index contributed by atoms with van der Waals surface area (Å²) >= 11 is 6.36. The normalized spacial score (nSPS) is 12.3. The molecule has 0 spiro atoms. The highest BCUT2D eigenvalue weighted by Crippen LogP contribution is 2.37. The quantitative estimate of drug-likeness (QED) is 0.134. The van der Waals surface area contributed by atoms with Gasteiger partial charge in [0.25, 0.3) is 5.91 Å². The minimum absolute atomic E-state index is 0.0244. The second-order valence-corrected chi connectivity index (χ2v) is 14.2. The van der Waals surface area contributed by atoms with Gasteiger partial charge in [-0.15, -0.1) is 0 Å². The third-order valence-corrected chi connectivity index (χ3v) is 8.89. The van der Waals surface area contributed by atoms with Crippen molar-refractivity contribution in [3.05, 3.63) is 110 Å². The van der Waals surface area contributed by atoms with Crippen LogP contribution in [-0.2, 0) is 41.9 Å². The number of nitriles is 1. The number of nitrogens with zero attached hydrogens (tertiary/aromatic N) is 5. The summed E-state index contributed by atoms with van der Waals surface area (Å²) < 4.78 is 108. The molecule has 0 saturated heterocycles. The van der Waals surface area contributed by atoms with Gasteiger partial charge in [0.1, 0.15) is 5.69 Å². The van der Waals surface area contributed by atoms with E-state index in [9.17, 15) is 49.6 Å². The van der Waals surface area contributed by atoms with Crippen molar-refractivity contribution in [3.8, 4) is 11.9 Å². The molecule has 0 aliphatic carbocycles. The number of Topliss-reactive ketones (excluding diaryl/α,β-unsaturated/α-hetero) is 1. The number of aromatic nitrogens is 3. The molecule has 0 fully saturated rings. The second-order valence-electron chi connectivity index (χ2n) is 11.8. The zero-order valence-corrected chi connectivity index (χ0v) is 28.9. The van der Waals surface area contributed by atoms with E-state index < -0.39 is 70.3 Å². The molecule has 1 amide bonds. The summed E-state index contributed by atoms with van der Waals surface area (Å²) in [4.78, 5) is 31.3. The summed E-state index contributed by atoms with van der Waals surface area (Å²) in [5.74, 6) is -1.25. The number of carbonyl (C=O) groups excluding carboxylic acids is 2. The molecule has 0 aliphatic rings. The Hall–Kier alpha value is -4.79. The lowest BCUT2D eigenvalue weighted by Crippen LogP contribution is -2.31.